The molecule has 13 heavy (non-hydrogen) atoms. The van der Waals surface area contributed by atoms with Gasteiger partial charge in [-0.05, 0) is 0 Å². The molecule has 0 atom stereocenters. The molecule has 1 heterocycles. The number of hydrogen-bond acceptors (Lipinski definition) is 2. The molecular formula is C8H11ClN2O2. The summed E-state index contributed by atoms with van der Waals surface area (Å²) in [5, 5.41) is 2.25. The third kappa shape index (κ3) is 3.06. The molecule has 3 amide bonds. The average molecular weight is 203 g/mol. The molecule has 0 saturated carbocycles. The second-order valence-corrected chi connectivity index (χ2v) is 3.05. The van der Waals surface area contributed by atoms with Crippen molar-refractivity contribution in [2.24, 2.45) is 0 Å². The summed E-state index contributed by atoms with van der Waals surface area (Å²) in [7, 11) is 0. The Morgan fingerprint density at radius 1 is 1.38 bits per heavy atom. The third-order valence-corrected chi connectivity index (χ3v) is 1.86. The van der Waals surface area contributed by atoms with Gasteiger partial charge in [-0.1, -0.05) is 12.2 Å². The largest absolute Gasteiger partial charge is 0.324 e. The zero-order valence-corrected chi connectivity index (χ0v) is 7.88. The normalized spacial score (nSPS) is 14.7. The topological polar surface area (TPSA) is 49.4 Å². The first kappa shape index (κ1) is 10.1. The lowest BCUT2D eigenvalue weighted by molar-refractivity contribution is -0.119. The average Bonchev–Trinajstić information content (AvgIpc) is 2.55. The first-order valence-electron chi connectivity index (χ1n) is 4.03. The van der Waals surface area contributed by atoms with Crippen LogP contribution < -0.4 is 5.32 Å². The third-order valence-electron chi connectivity index (χ3n) is 1.67. The second kappa shape index (κ2) is 4.87. The predicted octanol–water partition coefficient (Wildman–Crippen LogP) is 0.723. The van der Waals surface area contributed by atoms with Crippen LogP contribution in [0.3, 0.4) is 0 Å². The van der Waals surface area contributed by atoms with Crippen LogP contribution in [-0.4, -0.2) is 35.8 Å². The first-order valence-corrected chi connectivity index (χ1v) is 4.57. The molecule has 0 fully saturated rings. The lowest BCUT2D eigenvalue weighted by Crippen LogP contribution is -2.41. The number of nitrogens with one attached hydrogen (secondary N) is 1. The van der Waals surface area contributed by atoms with Crippen LogP contribution in [0.5, 0.6) is 0 Å². The summed E-state index contributed by atoms with van der Waals surface area (Å²) in [6.45, 7) is 1.14. The number of carbonyl (C=O) groups excluding carboxylic acids is 2. The van der Waals surface area contributed by atoms with Gasteiger partial charge >= 0.3 is 6.03 Å². The lowest BCUT2D eigenvalue weighted by Gasteiger charge is -2.14. The van der Waals surface area contributed by atoms with Crippen LogP contribution in [0.25, 0.3) is 0 Å². The van der Waals surface area contributed by atoms with Gasteiger partial charge in [-0.15, -0.1) is 11.6 Å². The van der Waals surface area contributed by atoms with Crippen molar-refractivity contribution in [1.29, 1.82) is 0 Å². The van der Waals surface area contributed by atoms with Crippen molar-refractivity contribution in [3.05, 3.63) is 12.2 Å². The molecule has 1 N–H and O–H groups in total. The van der Waals surface area contributed by atoms with E-state index >= 15 is 0 Å². The van der Waals surface area contributed by atoms with Crippen LogP contribution in [0.15, 0.2) is 12.2 Å². The standard InChI is InChI=1S/C8H11ClN2O2/c9-4-3-7(12)10-8(13)11-5-1-2-6-11/h1-2H,3-6H2,(H,10,12,13). The van der Waals surface area contributed by atoms with E-state index < -0.39 is 0 Å². The van der Waals surface area contributed by atoms with E-state index in [1.807, 2.05) is 12.2 Å². The molecule has 0 aromatic heterocycles. The van der Waals surface area contributed by atoms with Crippen LogP contribution in [0.2, 0.25) is 0 Å². The molecule has 4 nitrogen and oxygen atoms in total. The SMILES string of the molecule is O=C(CCCl)NC(=O)N1CC=CC1. The Hall–Kier alpha value is -1.03. The molecule has 0 bridgehead atoms. The highest BCUT2D eigenvalue weighted by Crippen LogP contribution is 1.98. The molecule has 0 spiro atoms. The van der Waals surface area contributed by atoms with E-state index in [0.717, 1.165) is 0 Å². The zero-order valence-electron chi connectivity index (χ0n) is 7.12. The van der Waals surface area contributed by atoms with Crippen LogP contribution in [-0.2, 0) is 4.79 Å². The van der Waals surface area contributed by atoms with Gasteiger partial charge in [0, 0.05) is 25.4 Å². The van der Waals surface area contributed by atoms with Crippen molar-refractivity contribution in [2.45, 2.75) is 6.42 Å². The summed E-state index contributed by atoms with van der Waals surface area (Å²) in [6.07, 6.45) is 3.94. The summed E-state index contributed by atoms with van der Waals surface area (Å²) < 4.78 is 0. The minimum atomic E-state index is -0.347. The van der Waals surface area contributed by atoms with Crippen molar-refractivity contribution in [2.75, 3.05) is 19.0 Å². The monoisotopic (exact) mass is 202 g/mol. The van der Waals surface area contributed by atoms with Gasteiger partial charge in [-0.2, -0.15) is 0 Å². The number of rotatable bonds is 2. The number of carbonyl (C=O) groups is 2. The van der Waals surface area contributed by atoms with Gasteiger partial charge in [-0.3, -0.25) is 10.1 Å². The van der Waals surface area contributed by atoms with Crippen LogP contribution in [0.4, 0.5) is 4.79 Å². The summed E-state index contributed by atoms with van der Waals surface area (Å²) >= 11 is 5.34. The summed E-state index contributed by atoms with van der Waals surface area (Å²) in [5.74, 6) is -0.0934. The maximum Gasteiger partial charge on any atom is 0.324 e. The molecule has 1 aliphatic rings. The van der Waals surface area contributed by atoms with E-state index in [4.69, 9.17) is 11.6 Å². The highest BCUT2D eigenvalue weighted by atomic mass is 35.5. The molecule has 0 aromatic carbocycles. The minimum absolute atomic E-state index is 0.175. The summed E-state index contributed by atoms with van der Waals surface area (Å²) in [5.41, 5.74) is 0. The molecule has 0 saturated heterocycles. The van der Waals surface area contributed by atoms with Gasteiger partial charge in [0.05, 0.1) is 0 Å². The Bertz CT molecular complexity index is 232. The number of amides is 3. The predicted molar refractivity (Wildman–Crippen MR) is 49.6 cm³/mol. The number of imide groups is 1. The molecule has 72 valence electrons. The first-order chi connectivity index (χ1) is 6.24. The number of hydrogen-bond donors (Lipinski definition) is 1. The molecule has 0 radical (unpaired) electrons. The van der Waals surface area contributed by atoms with Crippen molar-refractivity contribution in [1.82, 2.24) is 10.2 Å². The quantitative estimate of drug-likeness (QED) is 0.530. The lowest BCUT2D eigenvalue weighted by atomic mass is 10.4. The fraction of sp³-hybridized carbons (Fsp3) is 0.500. The smallest absolute Gasteiger partial charge is 0.317 e. The molecule has 0 aliphatic carbocycles. The maximum atomic E-state index is 11.2. The van der Waals surface area contributed by atoms with E-state index in [0.29, 0.717) is 13.1 Å². The van der Waals surface area contributed by atoms with Gasteiger partial charge in [0.1, 0.15) is 0 Å². The van der Waals surface area contributed by atoms with E-state index in [9.17, 15) is 9.59 Å². The number of urea groups is 1. The Morgan fingerprint density at radius 2 is 2.00 bits per heavy atom. The highest BCUT2D eigenvalue weighted by molar-refractivity contribution is 6.19. The molecule has 1 rings (SSSR count). The van der Waals surface area contributed by atoms with E-state index in [-0.39, 0.29) is 24.2 Å². The van der Waals surface area contributed by atoms with Gasteiger partial charge < -0.3 is 4.90 Å². The fourth-order valence-electron chi connectivity index (χ4n) is 0.991. The van der Waals surface area contributed by atoms with Gasteiger partial charge in [0.25, 0.3) is 0 Å². The minimum Gasteiger partial charge on any atom is -0.317 e. The van der Waals surface area contributed by atoms with Crippen molar-refractivity contribution < 1.29 is 9.59 Å². The maximum absolute atomic E-state index is 11.2. The van der Waals surface area contributed by atoms with Crippen LogP contribution in [0.1, 0.15) is 6.42 Å². The van der Waals surface area contributed by atoms with Crippen molar-refractivity contribution in [3.8, 4) is 0 Å². The summed E-state index contributed by atoms with van der Waals surface area (Å²) in [6, 6.07) is -0.347. The van der Waals surface area contributed by atoms with E-state index in [1.165, 1.54) is 4.90 Å². The zero-order chi connectivity index (χ0) is 9.68. The second-order valence-electron chi connectivity index (χ2n) is 2.67. The Kier molecular flexibility index (Phi) is 3.76. The number of alkyl halides is 1. The highest BCUT2D eigenvalue weighted by Gasteiger charge is 2.15. The summed E-state index contributed by atoms with van der Waals surface area (Å²) in [4.78, 5) is 23.7. The molecule has 0 unspecified atom stereocenters. The Morgan fingerprint density at radius 3 is 2.54 bits per heavy atom. The van der Waals surface area contributed by atoms with Crippen LogP contribution >= 0.6 is 11.6 Å². The Labute approximate surface area is 81.5 Å². The van der Waals surface area contributed by atoms with Gasteiger partial charge in [0.15, 0.2) is 0 Å². The van der Waals surface area contributed by atoms with Gasteiger partial charge in [-0.25, -0.2) is 4.79 Å². The fourth-order valence-corrected chi connectivity index (χ4v) is 1.16. The van der Waals surface area contributed by atoms with Crippen LogP contribution in [0, 0.1) is 0 Å². The van der Waals surface area contributed by atoms with Crippen molar-refractivity contribution >= 4 is 23.5 Å². The molecule has 1 aliphatic heterocycles. The van der Waals surface area contributed by atoms with Crippen molar-refractivity contribution in [3.63, 3.8) is 0 Å². The van der Waals surface area contributed by atoms with E-state index in [2.05, 4.69) is 5.32 Å². The number of nitrogens with zero attached hydrogens (tertiary/aromatic N) is 1. The van der Waals surface area contributed by atoms with E-state index in [1.54, 1.807) is 0 Å². The van der Waals surface area contributed by atoms with Gasteiger partial charge in [0.2, 0.25) is 5.91 Å². The molecule has 0 aromatic rings. The Balaban J connectivity index is 2.28. The number of halogens is 1. The molecule has 5 heteroatoms. The molecular weight excluding hydrogens is 192 g/mol.